The molecule has 1 aromatic rings. The van der Waals surface area contributed by atoms with Gasteiger partial charge in [0.2, 0.25) is 12.0 Å². The monoisotopic (exact) mass is 394 g/mol. The summed E-state index contributed by atoms with van der Waals surface area (Å²) in [5, 5.41) is 17.8. The van der Waals surface area contributed by atoms with Gasteiger partial charge in [-0.25, -0.2) is 8.60 Å². The van der Waals surface area contributed by atoms with Crippen molar-refractivity contribution in [2.75, 3.05) is 6.26 Å². The van der Waals surface area contributed by atoms with Crippen LogP contribution in [0.3, 0.4) is 0 Å². The maximum absolute atomic E-state index is 14.0. The molecule has 2 aliphatic carbocycles. The van der Waals surface area contributed by atoms with Crippen LogP contribution in [0.2, 0.25) is 0 Å². The molecule has 6 nitrogen and oxygen atoms in total. The zero-order chi connectivity index (χ0) is 20.0. The third-order valence-electron chi connectivity index (χ3n) is 4.50. The highest BCUT2D eigenvalue weighted by atomic mass is 32.2. The third-order valence-corrected chi connectivity index (χ3v) is 6.06. The Kier molecular flexibility index (Phi) is 4.48. The van der Waals surface area contributed by atoms with Crippen LogP contribution in [0.1, 0.15) is 22.5 Å². The van der Waals surface area contributed by atoms with Crippen molar-refractivity contribution in [2.24, 2.45) is 10.3 Å². The second-order valence-electron chi connectivity index (χ2n) is 6.26. The second-order valence-corrected chi connectivity index (χ2v) is 8.49. The molecular weight excluding hydrogens is 381 g/mol. The molecule has 0 aliphatic heterocycles. The van der Waals surface area contributed by atoms with Crippen molar-refractivity contribution in [3.8, 4) is 12.3 Å². The molecule has 27 heavy (non-hydrogen) atoms. The normalized spacial score (nSPS) is 25.6. The van der Waals surface area contributed by atoms with E-state index >= 15 is 0 Å². The lowest BCUT2D eigenvalue weighted by Crippen LogP contribution is -2.35. The van der Waals surface area contributed by atoms with E-state index in [2.05, 4.69) is 4.36 Å². The van der Waals surface area contributed by atoms with Gasteiger partial charge in [0.1, 0.15) is 12.1 Å². The number of rotatable bonds is 2. The Balaban J connectivity index is 2.29. The number of nitrogens with zero attached hydrogens (tertiary/aromatic N) is 4. The van der Waals surface area contributed by atoms with Crippen molar-refractivity contribution in [1.82, 2.24) is 4.57 Å². The van der Waals surface area contributed by atoms with Crippen molar-refractivity contribution in [1.29, 1.82) is 10.5 Å². The Morgan fingerprint density at radius 2 is 2.11 bits per heavy atom. The molecule has 140 valence electrons. The van der Waals surface area contributed by atoms with Gasteiger partial charge in [0.15, 0.2) is 0 Å². The number of Topliss-reactive ketones (excluding diaryl/α,β-unsaturated/α-hetero) is 1. The summed E-state index contributed by atoms with van der Waals surface area (Å²) in [6, 6.07) is 1.79. The molecule has 2 aliphatic rings. The van der Waals surface area contributed by atoms with Crippen LogP contribution in [0.25, 0.3) is 5.70 Å². The molecule has 3 atom stereocenters. The van der Waals surface area contributed by atoms with Crippen molar-refractivity contribution in [3.63, 3.8) is 0 Å². The largest absolute Gasteiger partial charge is 0.319 e. The Bertz CT molecular complexity index is 1090. The minimum atomic E-state index is -3.62. The van der Waals surface area contributed by atoms with E-state index in [-0.39, 0.29) is 17.0 Å². The van der Waals surface area contributed by atoms with Gasteiger partial charge in [-0.05, 0) is 24.6 Å². The van der Waals surface area contributed by atoms with Crippen LogP contribution < -0.4 is 0 Å². The summed E-state index contributed by atoms with van der Waals surface area (Å²) in [5.74, 6) is -6.19. The van der Waals surface area contributed by atoms with E-state index in [0.29, 0.717) is 5.70 Å². The quantitative estimate of drug-likeness (QED) is 0.720. The van der Waals surface area contributed by atoms with Gasteiger partial charge in [-0.2, -0.15) is 19.3 Å². The van der Waals surface area contributed by atoms with Gasteiger partial charge in [0, 0.05) is 30.3 Å². The number of aromatic nitrogens is 1. The first-order valence-corrected chi connectivity index (χ1v) is 9.76. The van der Waals surface area contributed by atoms with E-state index in [1.54, 1.807) is 6.07 Å². The van der Waals surface area contributed by atoms with Gasteiger partial charge in [-0.1, -0.05) is 0 Å². The average molecular weight is 394 g/mol. The molecule has 0 aromatic carbocycles. The van der Waals surface area contributed by atoms with Gasteiger partial charge in [0.05, 0.1) is 26.3 Å². The summed E-state index contributed by atoms with van der Waals surface area (Å²) in [7, 11) is -3.43. The zero-order valence-electron chi connectivity index (χ0n) is 14.0. The van der Waals surface area contributed by atoms with Gasteiger partial charge >= 0.3 is 5.92 Å². The number of nitriles is 2. The molecule has 0 fully saturated rings. The number of carbonyl (C=O) groups is 1. The van der Waals surface area contributed by atoms with Crippen LogP contribution in [0, 0.1) is 28.7 Å². The van der Waals surface area contributed by atoms with Crippen LogP contribution >= 0.6 is 0 Å². The fourth-order valence-electron chi connectivity index (χ4n) is 3.14. The van der Waals surface area contributed by atoms with Crippen molar-refractivity contribution >= 4 is 21.2 Å². The van der Waals surface area contributed by atoms with E-state index in [1.165, 1.54) is 29.1 Å². The highest BCUT2D eigenvalue weighted by Crippen LogP contribution is 2.39. The summed E-state index contributed by atoms with van der Waals surface area (Å²) in [5.41, 5.74) is 0.0413. The fourth-order valence-corrected chi connectivity index (χ4v) is 4.28. The lowest BCUT2D eigenvalue weighted by molar-refractivity contribution is 0.00144. The van der Waals surface area contributed by atoms with E-state index in [9.17, 15) is 22.2 Å². The summed E-state index contributed by atoms with van der Waals surface area (Å²) in [6.07, 6.45) is 5.05. The number of allylic oxidation sites excluding steroid dienone is 4. The Morgan fingerprint density at radius 1 is 1.41 bits per heavy atom. The Labute approximate surface area is 153 Å². The van der Waals surface area contributed by atoms with E-state index in [0.717, 1.165) is 12.3 Å². The lowest BCUT2D eigenvalue weighted by Gasteiger charge is -2.24. The molecule has 1 heterocycles. The molecular formula is C17H13F3N4O2S. The maximum Gasteiger partial charge on any atom is 0.310 e. The number of ketones is 1. The number of hydrogen-bond acceptors (Lipinski definition) is 5. The van der Waals surface area contributed by atoms with Crippen LogP contribution in [-0.2, 0) is 16.1 Å². The topological polar surface area (TPSA) is 99.0 Å². The van der Waals surface area contributed by atoms with Gasteiger partial charge in [-0.3, -0.25) is 4.79 Å². The maximum atomic E-state index is 14.0. The molecule has 0 saturated heterocycles. The lowest BCUT2D eigenvalue weighted by atomic mass is 9.92. The first-order chi connectivity index (χ1) is 12.6. The van der Waals surface area contributed by atoms with Gasteiger partial charge in [0.25, 0.3) is 0 Å². The van der Waals surface area contributed by atoms with Crippen LogP contribution in [0.5, 0.6) is 0 Å². The first kappa shape index (κ1) is 18.9. The molecule has 0 saturated carbocycles. The highest BCUT2D eigenvalue weighted by molar-refractivity contribution is 7.93. The van der Waals surface area contributed by atoms with Crippen molar-refractivity contribution in [2.45, 2.75) is 29.8 Å². The molecule has 0 bridgehead atoms. The molecule has 3 unspecified atom stereocenters. The number of carbonyl (C=O) groups excluding carboxylic acids is 1. The summed E-state index contributed by atoms with van der Waals surface area (Å²) < 4.78 is 59.1. The Morgan fingerprint density at radius 3 is 2.74 bits per heavy atom. The summed E-state index contributed by atoms with van der Waals surface area (Å²) in [4.78, 5) is 12.0. The minimum Gasteiger partial charge on any atom is -0.319 e. The van der Waals surface area contributed by atoms with Gasteiger partial charge < -0.3 is 4.57 Å². The van der Waals surface area contributed by atoms with E-state index in [4.69, 9.17) is 10.5 Å². The molecule has 0 amide bonds. The molecule has 0 radical (unpaired) electrons. The predicted molar refractivity (Wildman–Crippen MR) is 89.8 cm³/mol. The average Bonchev–Trinajstić information content (AvgIpc) is 3.00. The fraction of sp³-hybridized carbons (Fsp3) is 0.353. The predicted octanol–water partition coefficient (Wildman–Crippen LogP) is 3.08. The summed E-state index contributed by atoms with van der Waals surface area (Å²) in [6.45, 7) is 0. The SMILES string of the molecule is CS(=O)(=NC#N)c1cn(C2=CC(C#N)C(F)C=C2)c2c1C(=O)C(F)(F)CC2. The minimum absolute atomic E-state index is 0.175. The third kappa shape index (κ3) is 3.06. The van der Waals surface area contributed by atoms with Crippen molar-refractivity contribution in [3.05, 3.63) is 35.7 Å². The standard InChI is InChI=1S/C17H13F3N4O2S/c1-27(26,23-9-22)14-8-24(11-2-3-12(18)10(6-11)7-21)13-4-5-17(19,20)16(25)15(13)14/h2-3,6,8,10,12H,4-5H2,1H3. The van der Waals surface area contributed by atoms with Crippen molar-refractivity contribution < 1.29 is 22.2 Å². The molecule has 1 aromatic heterocycles. The van der Waals surface area contributed by atoms with Crippen LogP contribution in [0.4, 0.5) is 13.2 Å². The Hall–Kier alpha value is -2.85. The molecule has 10 heteroatoms. The van der Waals surface area contributed by atoms with E-state index in [1.807, 2.05) is 0 Å². The number of alkyl halides is 3. The number of halogens is 3. The summed E-state index contributed by atoms with van der Waals surface area (Å²) >= 11 is 0. The highest BCUT2D eigenvalue weighted by Gasteiger charge is 2.47. The zero-order valence-corrected chi connectivity index (χ0v) is 14.8. The molecule has 0 spiro atoms. The number of hydrogen-bond donors (Lipinski definition) is 0. The van der Waals surface area contributed by atoms with Gasteiger partial charge in [-0.15, -0.1) is 4.36 Å². The smallest absolute Gasteiger partial charge is 0.310 e. The number of fused-ring (bicyclic) bond motifs is 1. The van der Waals surface area contributed by atoms with Crippen LogP contribution in [-0.4, -0.2) is 32.9 Å². The second kappa shape index (κ2) is 6.39. The molecule has 3 rings (SSSR count). The molecule has 0 N–H and O–H groups in total. The van der Waals surface area contributed by atoms with Crippen LogP contribution in [0.15, 0.2) is 33.7 Å². The van der Waals surface area contributed by atoms with E-state index < -0.39 is 45.5 Å². The first-order valence-electron chi connectivity index (χ1n) is 7.83.